The zero-order chi connectivity index (χ0) is 16.3. The van der Waals surface area contributed by atoms with Crippen LogP contribution in [-0.2, 0) is 16.1 Å². The summed E-state index contributed by atoms with van der Waals surface area (Å²) in [6, 6.07) is 13.2. The highest BCUT2D eigenvalue weighted by Crippen LogP contribution is 2.26. The van der Waals surface area contributed by atoms with Gasteiger partial charge in [0.2, 0.25) is 0 Å². The molecule has 5 nitrogen and oxygen atoms in total. The zero-order valence-electron chi connectivity index (χ0n) is 11.6. The minimum atomic E-state index is -2.66. The Morgan fingerprint density at radius 3 is 2.00 bits per heavy atom. The Kier molecular flexibility index (Phi) is 5.33. The lowest BCUT2D eigenvalue weighted by molar-refractivity contribution is -0.137. The Morgan fingerprint density at radius 2 is 1.59 bits per heavy atom. The van der Waals surface area contributed by atoms with Crippen LogP contribution in [0.2, 0.25) is 0 Å². The number of hydrogen-bond donors (Lipinski definition) is 1. The van der Waals surface area contributed by atoms with E-state index in [1.807, 2.05) is 24.3 Å². The number of halogens is 1. The van der Waals surface area contributed by atoms with Crippen LogP contribution in [0.25, 0.3) is 11.1 Å². The molecule has 2 atom stereocenters. The quantitative estimate of drug-likeness (QED) is 0.805. The largest absolute Gasteiger partial charge is 0.755 e. The Morgan fingerprint density at radius 1 is 1.14 bits per heavy atom. The van der Waals surface area contributed by atoms with Crippen LogP contribution in [0.1, 0.15) is 6.92 Å². The van der Waals surface area contributed by atoms with Gasteiger partial charge in [-0.1, -0.05) is 40.2 Å². The second kappa shape index (κ2) is 7.04. The number of carboxylic acids is 1. The molecule has 0 saturated carbocycles. The van der Waals surface area contributed by atoms with Gasteiger partial charge in [0.05, 0.1) is 0 Å². The molecule has 0 saturated heterocycles. The summed E-state index contributed by atoms with van der Waals surface area (Å²) in [6.45, 7) is 1.32. The van der Waals surface area contributed by atoms with Crippen molar-refractivity contribution in [2.45, 2.75) is 13.0 Å². The monoisotopic (exact) mass is 382 g/mol. The summed E-state index contributed by atoms with van der Waals surface area (Å²) in [6.07, 6.45) is 0. The smallest absolute Gasteiger partial charge is 0.327 e. The molecule has 2 unspecified atom stereocenters. The minimum absolute atomic E-state index is 0.309. The molecule has 0 spiro atoms. The van der Waals surface area contributed by atoms with E-state index in [0.29, 0.717) is 5.69 Å². The number of anilines is 1. The third-order valence-corrected chi connectivity index (χ3v) is 4.55. The van der Waals surface area contributed by atoms with Gasteiger partial charge in [0.25, 0.3) is 0 Å². The standard InChI is InChI=1S/C15H14BrNO4S/c1-10(15(18)19)17(22(20)21)14-8-4-12(5-9-14)11-2-6-13(16)7-3-11/h2-10H,1H3,(H,18,19)(H,20,21)/p-1. The molecule has 0 aliphatic carbocycles. The van der Waals surface area contributed by atoms with E-state index in [0.717, 1.165) is 19.9 Å². The molecule has 2 aromatic carbocycles. The summed E-state index contributed by atoms with van der Waals surface area (Å²) in [4.78, 5) is 11.0. The van der Waals surface area contributed by atoms with E-state index in [1.54, 1.807) is 24.3 Å². The van der Waals surface area contributed by atoms with Gasteiger partial charge in [-0.2, -0.15) is 0 Å². The van der Waals surface area contributed by atoms with Crippen molar-refractivity contribution in [3.8, 4) is 11.1 Å². The Bertz CT molecular complexity index is 688. The summed E-state index contributed by atoms with van der Waals surface area (Å²) in [7, 11) is 0. The van der Waals surface area contributed by atoms with Crippen LogP contribution in [0.4, 0.5) is 5.69 Å². The van der Waals surface area contributed by atoms with Gasteiger partial charge < -0.3 is 9.66 Å². The molecule has 1 N–H and O–H groups in total. The average molecular weight is 383 g/mol. The summed E-state index contributed by atoms with van der Waals surface area (Å²) in [5, 5.41) is 9.00. The van der Waals surface area contributed by atoms with Gasteiger partial charge in [-0.3, -0.25) is 8.51 Å². The molecule has 2 rings (SSSR count). The van der Waals surface area contributed by atoms with Gasteiger partial charge in [-0.25, -0.2) is 4.79 Å². The Labute approximate surface area is 139 Å². The van der Waals surface area contributed by atoms with Crippen LogP contribution < -0.4 is 4.31 Å². The highest BCUT2D eigenvalue weighted by atomic mass is 79.9. The lowest BCUT2D eigenvalue weighted by Gasteiger charge is -2.29. The lowest BCUT2D eigenvalue weighted by atomic mass is 10.1. The third kappa shape index (κ3) is 3.73. The predicted octanol–water partition coefficient (Wildman–Crippen LogP) is 3.19. The number of aliphatic carboxylic acids is 1. The molecular formula is C15H13BrNO4S-. The van der Waals surface area contributed by atoms with E-state index < -0.39 is 23.3 Å². The molecule has 2 aromatic rings. The fourth-order valence-corrected chi connectivity index (χ4v) is 2.89. The molecule has 116 valence electrons. The van der Waals surface area contributed by atoms with Crippen LogP contribution in [0, 0.1) is 0 Å². The summed E-state index contributed by atoms with van der Waals surface area (Å²) in [5.41, 5.74) is 2.20. The molecule has 0 bridgehead atoms. The number of carbonyl (C=O) groups is 1. The van der Waals surface area contributed by atoms with Crippen LogP contribution in [0.5, 0.6) is 0 Å². The lowest BCUT2D eigenvalue weighted by Crippen LogP contribution is -2.40. The van der Waals surface area contributed by atoms with Crippen LogP contribution in [-0.4, -0.2) is 25.9 Å². The molecule has 0 aliphatic heterocycles. The topological polar surface area (TPSA) is 80.7 Å². The maximum absolute atomic E-state index is 11.3. The summed E-state index contributed by atoms with van der Waals surface area (Å²) in [5.74, 6) is -1.21. The van der Waals surface area contributed by atoms with Gasteiger partial charge in [0.15, 0.2) is 0 Å². The third-order valence-electron chi connectivity index (χ3n) is 3.17. The van der Waals surface area contributed by atoms with Crippen LogP contribution in [0.3, 0.4) is 0 Å². The number of benzene rings is 2. The molecule has 0 aliphatic rings. The van der Waals surface area contributed by atoms with Crippen molar-refractivity contribution in [3.63, 3.8) is 0 Å². The molecule has 0 radical (unpaired) electrons. The van der Waals surface area contributed by atoms with Crippen molar-refractivity contribution in [1.29, 1.82) is 0 Å². The Hall–Kier alpha value is -1.70. The van der Waals surface area contributed by atoms with Crippen molar-refractivity contribution in [3.05, 3.63) is 53.0 Å². The minimum Gasteiger partial charge on any atom is -0.755 e. The molecule has 0 fully saturated rings. The highest BCUT2D eigenvalue weighted by molar-refractivity contribution is 9.10. The second-order valence-corrected chi connectivity index (χ2v) is 6.35. The number of rotatable bonds is 5. The highest BCUT2D eigenvalue weighted by Gasteiger charge is 2.22. The van der Waals surface area contributed by atoms with Crippen molar-refractivity contribution in [2.24, 2.45) is 0 Å². The maximum atomic E-state index is 11.3. The van der Waals surface area contributed by atoms with Crippen LogP contribution in [0.15, 0.2) is 53.0 Å². The fourth-order valence-electron chi connectivity index (χ4n) is 1.98. The number of carboxylic acid groups (broad SMARTS) is 1. The number of hydrogen-bond acceptors (Lipinski definition) is 3. The molecule has 0 amide bonds. The zero-order valence-corrected chi connectivity index (χ0v) is 14.0. The van der Waals surface area contributed by atoms with Crippen molar-refractivity contribution >= 4 is 38.9 Å². The summed E-state index contributed by atoms with van der Waals surface area (Å²) < 4.78 is 24.4. The second-order valence-electron chi connectivity index (χ2n) is 4.61. The van der Waals surface area contributed by atoms with E-state index >= 15 is 0 Å². The van der Waals surface area contributed by atoms with Crippen molar-refractivity contribution < 1.29 is 18.7 Å². The fraction of sp³-hybridized carbons (Fsp3) is 0.133. The maximum Gasteiger partial charge on any atom is 0.327 e. The van der Waals surface area contributed by atoms with Gasteiger partial charge in [-0.15, -0.1) is 0 Å². The molecule has 22 heavy (non-hydrogen) atoms. The number of nitrogens with zero attached hydrogens (tertiary/aromatic N) is 1. The van der Waals surface area contributed by atoms with Crippen molar-refractivity contribution in [1.82, 2.24) is 0 Å². The first-order valence-corrected chi connectivity index (χ1v) is 8.20. The van der Waals surface area contributed by atoms with E-state index in [1.165, 1.54) is 6.92 Å². The van der Waals surface area contributed by atoms with Gasteiger partial charge in [-0.05, 0) is 42.3 Å². The van der Waals surface area contributed by atoms with E-state index in [9.17, 15) is 13.6 Å². The van der Waals surface area contributed by atoms with Gasteiger partial charge in [0.1, 0.15) is 6.04 Å². The molecular weight excluding hydrogens is 370 g/mol. The molecule has 0 heterocycles. The first-order chi connectivity index (χ1) is 10.4. The average Bonchev–Trinajstić information content (AvgIpc) is 2.48. The molecule has 7 heteroatoms. The SMILES string of the molecule is CC(C(=O)O)N(c1ccc(-c2ccc(Br)cc2)cc1)S(=O)[O-]. The van der Waals surface area contributed by atoms with Crippen molar-refractivity contribution in [2.75, 3.05) is 4.31 Å². The first-order valence-electron chi connectivity index (χ1n) is 6.37. The van der Waals surface area contributed by atoms with E-state index in [4.69, 9.17) is 5.11 Å². The van der Waals surface area contributed by atoms with Gasteiger partial charge >= 0.3 is 5.97 Å². The first kappa shape index (κ1) is 16.7. The van der Waals surface area contributed by atoms with E-state index in [-0.39, 0.29) is 0 Å². The van der Waals surface area contributed by atoms with Gasteiger partial charge in [0, 0.05) is 21.4 Å². The normalized spacial score (nSPS) is 13.4. The molecule has 0 aromatic heterocycles. The predicted molar refractivity (Wildman–Crippen MR) is 88.1 cm³/mol. The van der Waals surface area contributed by atoms with E-state index in [2.05, 4.69) is 15.9 Å². The summed E-state index contributed by atoms with van der Waals surface area (Å²) >= 11 is 0.700. The van der Waals surface area contributed by atoms with Crippen LogP contribution >= 0.6 is 15.9 Å². The Balaban J connectivity index is 2.32.